The second-order valence-electron chi connectivity index (χ2n) is 8.60. The number of carbonyl (C=O) groups is 1. The summed E-state index contributed by atoms with van der Waals surface area (Å²) in [5, 5.41) is 27.7. The smallest absolute Gasteiger partial charge is 0.252 e. The first-order valence-electron chi connectivity index (χ1n) is 10.8. The van der Waals surface area contributed by atoms with Crippen LogP contribution in [0.5, 0.6) is 0 Å². The molecule has 0 radical (unpaired) electrons. The molecule has 11 heteroatoms. The number of hydrogen-bond donors (Lipinski definition) is 4. The van der Waals surface area contributed by atoms with Gasteiger partial charge >= 0.3 is 0 Å². The predicted molar refractivity (Wildman–Crippen MR) is 130 cm³/mol. The molecule has 2 aromatic heterocycles. The molecule has 0 fully saturated rings. The molecule has 1 atom stereocenters. The minimum atomic E-state index is -0.504. The van der Waals surface area contributed by atoms with Gasteiger partial charge in [0, 0.05) is 22.5 Å². The summed E-state index contributed by atoms with van der Waals surface area (Å²) in [4.78, 5) is 21.2. The van der Waals surface area contributed by atoms with Crippen LogP contribution in [0.2, 0.25) is 5.02 Å². The van der Waals surface area contributed by atoms with Crippen LogP contribution in [-0.4, -0.2) is 37.8 Å². The molecule has 35 heavy (non-hydrogen) atoms. The standard InChI is InChI=1S/C24H22ClN7O3/c1-24(2)18-9-15(6-7-16(18)21(34)31-24)28-23-26-10-17(22-32-27-12-35-22)20(30-23)29-19(11-33)13-4-3-5-14(25)8-13/h3-10,12,19,33H,11H2,1-2H3,(H,31,34)(H2,26,28,29,30)/t19-/m1/s1. The lowest BCUT2D eigenvalue weighted by Crippen LogP contribution is -2.32. The molecule has 4 aromatic rings. The van der Waals surface area contributed by atoms with Crippen molar-refractivity contribution < 1.29 is 14.3 Å². The maximum absolute atomic E-state index is 12.2. The number of halogens is 1. The van der Waals surface area contributed by atoms with Crippen molar-refractivity contribution in [1.29, 1.82) is 0 Å². The first-order valence-corrected chi connectivity index (χ1v) is 11.2. The van der Waals surface area contributed by atoms with Gasteiger partial charge < -0.3 is 25.5 Å². The topological polar surface area (TPSA) is 138 Å². The third-order valence-corrected chi connectivity index (χ3v) is 5.98. The number of aliphatic hydroxyl groups excluding tert-OH is 1. The minimum Gasteiger partial charge on any atom is -0.423 e. The van der Waals surface area contributed by atoms with Gasteiger partial charge in [0.2, 0.25) is 12.3 Å². The molecule has 0 unspecified atom stereocenters. The van der Waals surface area contributed by atoms with Crippen molar-refractivity contribution in [2.75, 3.05) is 17.2 Å². The van der Waals surface area contributed by atoms with E-state index in [9.17, 15) is 9.90 Å². The number of nitrogens with zero attached hydrogens (tertiary/aromatic N) is 4. The number of benzene rings is 2. The van der Waals surface area contributed by atoms with Gasteiger partial charge in [-0.2, -0.15) is 4.98 Å². The Kier molecular flexibility index (Phi) is 5.83. The number of aliphatic hydroxyl groups is 1. The van der Waals surface area contributed by atoms with Crippen LogP contribution >= 0.6 is 11.6 Å². The minimum absolute atomic E-state index is 0.0979. The predicted octanol–water partition coefficient (Wildman–Crippen LogP) is 4.05. The van der Waals surface area contributed by atoms with Crippen LogP contribution in [-0.2, 0) is 5.54 Å². The quantitative estimate of drug-likeness (QED) is 0.301. The van der Waals surface area contributed by atoms with Crippen molar-refractivity contribution in [2.24, 2.45) is 0 Å². The van der Waals surface area contributed by atoms with Gasteiger partial charge in [0.1, 0.15) is 5.82 Å². The lowest BCUT2D eigenvalue weighted by molar-refractivity contribution is 0.0940. The molecule has 10 nitrogen and oxygen atoms in total. The van der Waals surface area contributed by atoms with E-state index in [1.54, 1.807) is 30.5 Å². The number of fused-ring (bicyclic) bond motifs is 1. The van der Waals surface area contributed by atoms with Crippen molar-refractivity contribution in [3.8, 4) is 11.5 Å². The SMILES string of the molecule is CC1(C)NC(=O)c2ccc(Nc3ncc(-c4nnco4)c(N[C@H](CO)c4cccc(Cl)c4)n3)cc21. The first-order chi connectivity index (χ1) is 16.8. The van der Waals surface area contributed by atoms with E-state index in [-0.39, 0.29) is 18.4 Å². The Balaban J connectivity index is 1.49. The van der Waals surface area contributed by atoms with Gasteiger partial charge in [-0.15, -0.1) is 10.2 Å². The van der Waals surface area contributed by atoms with Crippen LogP contribution in [0, 0.1) is 0 Å². The Labute approximate surface area is 205 Å². The highest BCUT2D eigenvalue weighted by atomic mass is 35.5. The zero-order valence-electron chi connectivity index (χ0n) is 18.9. The Hall–Kier alpha value is -4.02. The fourth-order valence-electron chi connectivity index (χ4n) is 4.01. The fourth-order valence-corrected chi connectivity index (χ4v) is 4.21. The van der Waals surface area contributed by atoms with E-state index in [2.05, 4.69) is 36.1 Å². The van der Waals surface area contributed by atoms with E-state index >= 15 is 0 Å². The molecule has 2 aromatic carbocycles. The normalized spacial score (nSPS) is 14.8. The Bertz CT molecular complexity index is 1390. The molecule has 1 aliphatic heterocycles. The highest BCUT2D eigenvalue weighted by Crippen LogP contribution is 2.34. The second kappa shape index (κ2) is 8.97. The van der Waals surface area contributed by atoms with Crippen molar-refractivity contribution in [2.45, 2.75) is 25.4 Å². The monoisotopic (exact) mass is 491 g/mol. The van der Waals surface area contributed by atoms with Gasteiger partial charge in [0.25, 0.3) is 11.8 Å². The van der Waals surface area contributed by atoms with Crippen LogP contribution in [0.15, 0.2) is 59.5 Å². The number of amides is 1. The second-order valence-corrected chi connectivity index (χ2v) is 9.04. The lowest BCUT2D eigenvalue weighted by atomic mass is 9.94. The summed E-state index contributed by atoms with van der Waals surface area (Å²) in [5.74, 6) is 0.808. The number of rotatable bonds is 7. The Morgan fingerprint density at radius 3 is 2.80 bits per heavy atom. The number of nitrogens with one attached hydrogen (secondary N) is 3. The van der Waals surface area contributed by atoms with E-state index in [4.69, 9.17) is 16.0 Å². The van der Waals surface area contributed by atoms with Crippen LogP contribution in [0.1, 0.15) is 41.4 Å². The molecule has 0 aliphatic carbocycles. The van der Waals surface area contributed by atoms with E-state index in [1.807, 2.05) is 32.0 Å². The summed E-state index contributed by atoms with van der Waals surface area (Å²) in [5.41, 5.74) is 3.02. The molecule has 0 bridgehead atoms. The molecular weight excluding hydrogens is 470 g/mol. The highest BCUT2D eigenvalue weighted by Gasteiger charge is 2.35. The summed E-state index contributed by atoms with van der Waals surface area (Å²) in [6.45, 7) is 3.68. The molecule has 3 heterocycles. The molecule has 0 saturated heterocycles. The maximum Gasteiger partial charge on any atom is 0.252 e. The summed E-state index contributed by atoms with van der Waals surface area (Å²) in [7, 11) is 0. The van der Waals surface area contributed by atoms with Crippen molar-refractivity contribution in [3.05, 3.63) is 76.8 Å². The van der Waals surface area contributed by atoms with Gasteiger partial charge in [-0.1, -0.05) is 23.7 Å². The summed E-state index contributed by atoms with van der Waals surface area (Å²) >= 11 is 6.14. The van der Waals surface area contributed by atoms with E-state index in [0.29, 0.717) is 27.9 Å². The Morgan fingerprint density at radius 1 is 1.20 bits per heavy atom. The van der Waals surface area contributed by atoms with Gasteiger partial charge in [-0.05, 0) is 55.3 Å². The largest absolute Gasteiger partial charge is 0.423 e. The number of aromatic nitrogens is 4. The molecular formula is C24H22ClN7O3. The maximum atomic E-state index is 12.2. The van der Waals surface area contributed by atoms with Crippen LogP contribution in [0.3, 0.4) is 0 Å². The average Bonchev–Trinajstić information content (AvgIpc) is 3.44. The van der Waals surface area contributed by atoms with Gasteiger partial charge in [0.05, 0.1) is 23.8 Å². The fraction of sp³-hybridized carbons (Fsp3) is 0.208. The van der Waals surface area contributed by atoms with Crippen molar-refractivity contribution >= 4 is 35.0 Å². The molecule has 0 spiro atoms. The summed E-state index contributed by atoms with van der Waals surface area (Å²) in [6.07, 6.45) is 2.77. The van der Waals surface area contributed by atoms with Crippen molar-refractivity contribution in [3.63, 3.8) is 0 Å². The van der Waals surface area contributed by atoms with Gasteiger partial charge in [-0.3, -0.25) is 4.79 Å². The van der Waals surface area contributed by atoms with Crippen molar-refractivity contribution in [1.82, 2.24) is 25.5 Å². The first kappa shape index (κ1) is 22.8. The molecule has 1 aliphatic rings. The third-order valence-electron chi connectivity index (χ3n) is 5.74. The zero-order valence-corrected chi connectivity index (χ0v) is 19.7. The summed E-state index contributed by atoms with van der Waals surface area (Å²) in [6, 6.07) is 12.2. The number of anilines is 3. The molecule has 5 rings (SSSR count). The molecule has 4 N–H and O–H groups in total. The average molecular weight is 492 g/mol. The van der Waals surface area contributed by atoms with E-state index < -0.39 is 11.6 Å². The van der Waals surface area contributed by atoms with Crippen LogP contribution in [0.4, 0.5) is 17.5 Å². The number of carbonyl (C=O) groups excluding carboxylic acids is 1. The van der Waals surface area contributed by atoms with Crippen LogP contribution in [0.25, 0.3) is 11.5 Å². The van der Waals surface area contributed by atoms with Gasteiger partial charge in [-0.25, -0.2) is 4.98 Å². The Morgan fingerprint density at radius 2 is 2.06 bits per heavy atom. The number of hydrogen-bond acceptors (Lipinski definition) is 9. The highest BCUT2D eigenvalue weighted by molar-refractivity contribution is 6.30. The lowest BCUT2D eigenvalue weighted by Gasteiger charge is -2.20. The molecule has 1 amide bonds. The van der Waals surface area contributed by atoms with E-state index in [1.165, 1.54) is 6.39 Å². The van der Waals surface area contributed by atoms with Crippen LogP contribution < -0.4 is 16.0 Å². The molecule has 178 valence electrons. The molecule has 0 saturated carbocycles. The van der Waals surface area contributed by atoms with E-state index in [0.717, 1.165) is 16.8 Å². The zero-order chi connectivity index (χ0) is 24.6. The third kappa shape index (κ3) is 4.53. The summed E-state index contributed by atoms with van der Waals surface area (Å²) < 4.78 is 5.36. The van der Waals surface area contributed by atoms with Gasteiger partial charge in [0.15, 0.2) is 0 Å².